The summed E-state index contributed by atoms with van der Waals surface area (Å²) in [5.74, 6) is -0.764. The first-order valence-corrected chi connectivity index (χ1v) is 7.56. The topological polar surface area (TPSA) is 75.6 Å². The highest BCUT2D eigenvalue weighted by molar-refractivity contribution is 14.1. The van der Waals surface area contributed by atoms with Crippen molar-refractivity contribution in [1.29, 1.82) is 0 Å². The maximum absolute atomic E-state index is 11.9. The number of carboxylic acids is 1. The van der Waals surface area contributed by atoms with E-state index < -0.39 is 5.97 Å². The lowest BCUT2D eigenvalue weighted by Gasteiger charge is -2.11. The van der Waals surface area contributed by atoms with Gasteiger partial charge in [-0.25, -0.2) is 4.79 Å². The van der Waals surface area contributed by atoms with Crippen LogP contribution in [0.25, 0.3) is 0 Å². The smallest absolute Gasteiger partial charge is 0.336 e. The third-order valence-corrected chi connectivity index (χ3v) is 3.74. The van der Waals surface area contributed by atoms with Crippen molar-refractivity contribution in [3.05, 3.63) is 57.2 Å². The van der Waals surface area contributed by atoms with E-state index in [1.807, 2.05) is 12.1 Å². The number of amides is 1. The zero-order valence-corrected chi connectivity index (χ0v) is 14.0. The molecule has 22 heavy (non-hydrogen) atoms. The van der Waals surface area contributed by atoms with E-state index in [0.29, 0.717) is 17.0 Å². The van der Waals surface area contributed by atoms with Gasteiger partial charge in [-0.3, -0.25) is 4.79 Å². The number of carbonyl (C=O) groups is 2. The van der Waals surface area contributed by atoms with E-state index in [4.69, 9.17) is 9.84 Å². The molecule has 0 saturated heterocycles. The molecule has 2 N–H and O–H groups in total. The average molecular weight is 411 g/mol. The molecule has 0 saturated carbocycles. The lowest BCUT2D eigenvalue weighted by atomic mass is 10.1. The van der Waals surface area contributed by atoms with Crippen molar-refractivity contribution >= 4 is 40.2 Å². The van der Waals surface area contributed by atoms with Crippen LogP contribution in [0.4, 0.5) is 5.69 Å². The number of carboxylic acid groups (broad SMARTS) is 1. The number of ether oxygens (including phenoxy) is 1. The van der Waals surface area contributed by atoms with Crippen LogP contribution >= 0.6 is 22.6 Å². The molecule has 0 radical (unpaired) electrons. The minimum absolute atomic E-state index is 0.142. The van der Waals surface area contributed by atoms with Crippen LogP contribution in [0.15, 0.2) is 42.5 Å². The minimum atomic E-state index is -1.02. The van der Waals surface area contributed by atoms with Crippen LogP contribution in [0.3, 0.4) is 0 Å². The standard InChI is InChI=1S/C16H14INO4/c1-10-13(16(20)21)3-2-4-14(10)18-15(19)9-22-12-7-5-11(17)6-8-12/h2-8H,9H2,1H3,(H,18,19)(H,20,21). The van der Waals surface area contributed by atoms with Gasteiger partial charge in [0.25, 0.3) is 5.91 Å². The third-order valence-electron chi connectivity index (χ3n) is 3.02. The Bertz CT molecular complexity index is 698. The molecule has 2 aromatic rings. The molecule has 1 amide bonds. The summed E-state index contributed by atoms with van der Waals surface area (Å²) in [4.78, 5) is 23.0. The Balaban J connectivity index is 1.99. The number of carbonyl (C=O) groups excluding carboxylic acids is 1. The van der Waals surface area contributed by atoms with Crippen molar-refractivity contribution in [1.82, 2.24) is 0 Å². The van der Waals surface area contributed by atoms with E-state index in [0.717, 1.165) is 3.57 Å². The van der Waals surface area contributed by atoms with Gasteiger partial charge in [-0.2, -0.15) is 0 Å². The Hall–Kier alpha value is -2.09. The number of anilines is 1. The fraction of sp³-hybridized carbons (Fsp3) is 0.125. The van der Waals surface area contributed by atoms with Crippen molar-refractivity contribution in [2.24, 2.45) is 0 Å². The zero-order valence-electron chi connectivity index (χ0n) is 11.8. The molecule has 0 aliphatic rings. The van der Waals surface area contributed by atoms with E-state index in [9.17, 15) is 9.59 Å². The molecule has 6 heteroatoms. The van der Waals surface area contributed by atoms with E-state index in [1.165, 1.54) is 6.07 Å². The van der Waals surface area contributed by atoms with Gasteiger partial charge in [-0.05, 0) is 71.5 Å². The molecule has 0 atom stereocenters. The lowest BCUT2D eigenvalue weighted by Crippen LogP contribution is -2.21. The second-order valence-electron chi connectivity index (χ2n) is 4.57. The Labute approximate surface area is 141 Å². The predicted octanol–water partition coefficient (Wildman–Crippen LogP) is 3.32. The maximum Gasteiger partial charge on any atom is 0.336 e. The second-order valence-corrected chi connectivity index (χ2v) is 5.82. The number of rotatable bonds is 5. The normalized spacial score (nSPS) is 10.1. The number of benzene rings is 2. The Morgan fingerprint density at radius 3 is 2.50 bits per heavy atom. The molecule has 2 aromatic carbocycles. The van der Waals surface area contributed by atoms with Gasteiger partial charge in [0, 0.05) is 9.26 Å². The number of aromatic carboxylic acids is 1. The number of halogens is 1. The molecule has 114 valence electrons. The number of hydrogen-bond donors (Lipinski definition) is 2. The molecule has 0 spiro atoms. The maximum atomic E-state index is 11.9. The fourth-order valence-electron chi connectivity index (χ4n) is 1.87. The number of nitrogens with one attached hydrogen (secondary N) is 1. The van der Waals surface area contributed by atoms with Crippen LogP contribution in [0.2, 0.25) is 0 Å². The van der Waals surface area contributed by atoms with Gasteiger partial charge in [0.1, 0.15) is 5.75 Å². The summed E-state index contributed by atoms with van der Waals surface area (Å²) in [6.07, 6.45) is 0. The van der Waals surface area contributed by atoms with Crippen LogP contribution in [-0.4, -0.2) is 23.6 Å². The largest absolute Gasteiger partial charge is 0.484 e. The highest BCUT2D eigenvalue weighted by Crippen LogP contribution is 2.19. The average Bonchev–Trinajstić information content (AvgIpc) is 2.48. The Morgan fingerprint density at radius 2 is 1.86 bits per heavy atom. The first-order chi connectivity index (χ1) is 10.5. The molecule has 0 aliphatic heterocycles. The molecule has 2 rings (SSSR count). The van der Waals surface area contributed by atoms with Crippen LogP contribution in [0.5, 0.6) is 5.75 Å². The SMILES string of the molecule is Cc1c(NC(=O)COc2ccc(I)cc2)cccc1C(=O)O. The van der Waals surface area contributed by atoms with Crippen molar-refractivity contribution < 1.29 is 19.4 Å². The van der Waals surface area contributed by atoms with Crippen molar-refractivity contribution in [2.45, 2.75) is 6.92 Å². The second kappa shape index (κ2) is 7.26. The first kappa shape index (κ1) is 16.3. The molecular weight excluding hydrogens is 397 g/mol. The summed E-state index contributed by atoms with van der Waals surface area (Å²) in [5, 5.41) is 11.7. The summed E-state index contributed by atoms with van der Waals surface area (Å²) < 4.78 is 6.46. The van der Waals surface area contributed by atoms with Crippen LogP contribution in [0, 0.1) is 10.5 Å². The Kier molecular flexibility index (Phi) is 5.37. The highest BCUT2D eigenvalue weighted by atomic mass is 127. The first-order valence-electron chi connectivity index (χ1n) is 6.48. The highest BCUT2D eigenvalue weighted by Gasteiger charge is 2.12. The molecule has 5 nitrogen and oxygen atoms in total. The predicted molar refractivity (Wildman–Crippen MR) is 91.4 cm³/mol. The molecule has 0 heterocycles. The monoisotopic (exact) mass is 411 g/mol. The fourth-order valence-corrected chi connectivity index (χ4v) is 2.23. The lowest BCUT2D eigenvalue weighted by molar-refractivity contribution is -0.118. The van der Waals surface area contributed by atoms with Crippen LogP contribution < -0.4 is 10.1 Å². The van der Waals surface area contributed by atoms with Crippen molar-refractivity contribution in [3.8, 4) is 5.75 Å². The summed E-state index contributed by atoms with van der Waals surface area (Å²) in [6.45, 7) is 1.51. The molecule has 0 aliphatic carbocycles. The Morgan fingerprint density at radius 1 is 1.18 bits per heavy atom. The van der Waals surface area contributed by atoms with Gasteiger partial charge in [0.15, 0.2) is 6.61 Å². The quantitative estimate of drug-likeness (QED) is 0.741. The summed E-state index contributed by atoms with van der Waals surface area (Å²) in [5.41, 5.74) is 1.14. The van der Waals surface area contributed by atoms with Crippen molar-refractivity contribution in [2.75, 3.05) is 11.9 Å². The third kappa shape index (κ3) is 4.20. The van der Waals surface area contributed by atoms with Gasteiger partial charge in [-0.1, -0.05) is 6.07 Å². The van der Waals surface area contributed by atoms with Gasteiger partial charge in [0.05, 0.1) is 5.56 Å². The molecule has 0 fully saturated rings. The van der Waals surface area contributed by atoms with Gasteiger partial charge in [0.2, 0.25) is 0 Å². The van der Waals surface area contributed by atoms with Gasteiger partial charge in [-0.15, -0.1) is 0 Å². The molecule has 0 bridgehead atoms. The van der Waals surface area contributed by atoms with E-state index in [2.05, 4.69) is 27.9 Å². The minimum Gasteiger partial charge on any atom is -0.484 e. The van der Waals surface area contributed by atoms with E-state index >= 15 is 0 Å². The van der Waals surface area contributed by atoms with Gasteiger partial charge < -0.3 is 15.2 Å². The molecule has 0 unspecified atom stereocenters. The summed E-state index contributed by atoms with van der Waals surface area (Å²) >= 11 is 2.18. The van der Waals surface area contributed by atoms with E-state index in [-0.39, 0.29) is 18.1 Å². The van der Waals surface area contributed by atoms with E-state index in [1.54, 1.807) is 31.2 Å². The van der Waals surface area contributed by atoms with Crippen LogP contribution in [0.1, 0.15) is 15.9 Å². The van der Waals surface area contributed by atoms with Crippen LogP contribution in [-0.2, 0) is 4.79 Å². The summed E-state index contributed by atoms with van der Waals surface area (Å²) in [6, 6.07) is 12.1. The van der Waals surface area contributed by atoms with Gasteiger partial charge >= 0.3 is 5.97 Å². The molecular formula is C16H14INO4. The van der Waals surface area contributed by atoms with Crippen molar-refractivity contribution in [3.63, 3.8) is 0 Å². The molecule has 0 aromatic heterocycles. The summed E-state index contributed by atoms with van der Waals surface area (Å²) in [7, 11) is 0. The number of hydrogen-bond acceptors (Lipinski definition) is 3. The zero-order chi connectivity index (χ0) is 16.1.